The minimum atomic E-state index is -0.584. The predicted octanol–water partition coefficient (Wildman–Crippen LogP) is 1.15. The largest absolute Gasteiger partial charge is 0.340 e. The molecular weight excluding hydrogens is 374 g/mol. The molecule has 9 heteroatoms. The number of rotatable bonds is 4. The molecule has 2 saturated heterocycles. The molecule has 2 amide bonds. The zero-order valence-electron chi connectivity index (χ0n) is 16.3. The summed E-state index contributed by atoms with van der Waals surface area (Å²) >= 11 is 0. The normalized spacial score (nSPS) is 31.7. The molecule has 2 aliphatic heterocycles. The van der Waals surface area contributed by atoms with Crippen LogP contribution in [-0.2, 0) is 9.59 Å². The van der Waals surface area contributed by atoms with Crippen molar-refractivity contribution in [1.29, 1.82) is 0 Å². The van der Waals surface area contributed by atoms with Crippen molar-refractivity contribution < 1.29 is 14.5 Å². The van der Waals surface area contributed by atoms with E-state index in [1.807, 2.05) is 30.3 Å². The topological polar surface area (TPSA) is 117 Å². The molecule has 1 aromatic carbocycles. The molecule has 0 bridgehead atoms. The number of piperidine rings is 1. The van der Waals surface area contributed by atoms with E-state index in [1.54, 1.807) is 4.90 Å². The fraction of sp³-hybridized carbons (Fsp3) is 0.600. The van der Waals surface area contributed by atoms with Gasteiger partial charge in [-0.3, -0.25) is 25.1 Å². The van der Waals surface area contributed by atoms with E-state index in [0.717, 1.165) is 18.5 Å². The maximum absolute atomic E-state index is 13.2. The Morgan fingerprint density at radius 1 is 1.14 bits per heavy atom. The molecule has 156 valence electrons. The number of hydrazine groups is 1. The highest BCUT2D eigenvalue weighted by atomic mass is 16.6. The molecule has 0 radical (unpaired) electrons. The van der Waals surface area contributed by atoms with E-state index in [4.69, 9.17) is 0 Å². The zero-order valence-corrected chi connectivity index (χ0v) is 16.3. The number of nitrogens with one attached hydrogen (secondary N) is 3. The number of nitro groups is 1. The van der Waals surface area contributed by atoms with Gasteiger partial charge in [0.1, 0.15) is 6.04 Å². The number of para-hydroxylation sites is 1. The first-order valence-electron chi connectivity index (χ1n) is 10.3. The molecule has 1 aliphatic carbocycles. The van der Waals surface area contributed by atoms with Crippen molar-refractivity contribution >= 4 is 17.5 Å². The summed E-state index contributed by atoms with van der Waals surface area (Å²) in [5, 5.41) is 14.1. The lowest BCUT2D eigenvalue weighted by Gasteiger charge is -2.35. The quantitative estimate of drug-likeness (QED) is 0.515. The lowest BCUT2D eigenvalue weighted by molar-refractivity contribution is -0.528. The van der Waals surface area contributed by atoms with Gasteiger partial charge in [0, 0.05) is 48.5 Å². The Hall–Kier alpha value is -2.52. The molecule has 1 aromatic rings. The number of carbonyl (C=O) groups is 2. The fourth-order valence-corrected chi connectivity index (χ4v) is 4.82. The Bertz CT molecular complexity index is 773. The van der Waals surface area contributed by atoms with Crippen LogP contribution < -0.4 is 16.2 Å². The van der Waals surface area contributed by atoms with Crippen LogP contribution in [0, 0.1) is 22.0 Å². The summed E-state index contributed by atoms with van der Waals surface area (Å²) in [6.45, 7) is 0.994. The maximum Gasteiger partial charge on any atom is 0.241 e. The lowest BCUT2D eigenvalue weighted by Crippen LogP contribution is -2.52. The number of hydrogen-bond donors (Lipinski definition) is 3. The summed E-state index contributed by atoms with van der Waals surface area (Å²) in [5.74, 6) is -0.484. The Morgan fingerprint density at radius 3 is 2.69 bits per heavy atom. The van der Waals surface area contributed by atoms with Gasteiger partial charge in [0.15, 0.2) is 0 Å². The molecule has 4 rings (SSSR count). The Kier molecular flexibility index (Phi) is 5.77. The molecule has 9 nitrogen and oxygen atoms in total. The number of benzene rings is 1. The van der Waals surface area contributed by atoms with E-state index in [9.17, 15) is 19.7 Å². The van der Waals surface area contributed by atoms with Crippen molar-refractivity contribution in [2.75, 3.05) is 18.4 Å². The van der Waals surface area contributed by atoms with Gasteiger partial charge in [-0.05, 0) is 31.4 Å². The van der Waals surface area contributed by atoms with Gasteiger partial charge < -0.3 is 10.2 Å². The van der Waals surface area contributed by atoms with Crippen LogP contribution in [0.3, 0.4) is 0 Å². The second-order valence-electron chi connectivity index (χ2n) is 8.27. The third-order valence-electron chi connectivity index (χ3n) is 6.43. The van der Waals surface area contributed by atoms with Gasteiger partial charge in [0.2, 0.25) is 17.9 Å². The number of anilines is 1. The highest BCUT2D eigenvalue weighted by Crippen LogP contribution is 2.33. The average Bonchev–Trinajstić information content (AvgIpc) is 3.17. The van der Waals surface area contributed by atoms with Gasteiger partial charge in [-0.25, -0.2) is 5.43 Å². The molecule has 3 aliphatic rings. The summed E-state index contributed by atoms with van der Waals surface area (Å²) in [6.07, 6.45) is 3.14. The predicted molar refractivity (Wildman–Crippen MR) is 106 cm³/mol. The number of nitrogens with zero attached hydrogens (tertiary/aromatic N) is 2. The van der Waals surface area contributed by atoms with Gasteiger partial charge in [0.05, 0.1) is 5.92 Å². The maximum atomic E-state index is 13.2. The molecule has 29 heavy (non-hydrogen) atoms. The smallest absolute Gasteiger partial charge is 0.241 e. The van der Waals surface area contributed by atoms with E-state index >= 15 is 0 Å². The molecule has 3 N–H and O–H groups in total. The third-order valence-corrected chi connectivity index (χ3v) is 6.43. The molecule has 2 heterocycles. The minimum absolute atomic E-state index is 0.0637. The van der Waals surface area contributed by atoms with Crippen LogP contribution in [0.25, 0.3) is 0 Å². The van der Waals surface area contributed by atoms with Crippen LogP contribution in [0.1, 0.15) is 32.1 Å². The fourth-order valence-electron chi connectivity index (χ4n) is 4.82. The average molecular weight is 401 g/mol. The van der Waals surface area contributed by atoms with Crippen LogP contribution in [0.2, 0.25) is 0 Å². The van der Waals surface area contributed by atoms with E-state index < -0.39 is 12.1 Å². The number of fused-ring (bicyclic) bond motifs is 1. The lowest BCUT2D eigenvalue weighted by atomic mass is 9.79. The van der Waals surface area contributed by atoms with Crippen LogP contribution >= 0.6 is 0 Å². The number of amides is 2. The van der Waals surface area contributed by atoms with Crippen molar-refractivity contribution in [2.24, 2.45) is 11.8 Å². The molecule has 1 saturated carbocycles. The van der Waals surface area contributed by atoms with E-state index in [1.165, 1.54) is 0 Å². The Labute approximate surface area is 169 Å². The summed E-state index contributed by atoms with van der Waals surface area (Å²) in [7, 11) is 0. The van der Waals surface area contributed by atoms with Crippen molar-refractivity contribution in [3.8, 4) is 0 Å². The second-order valence-corrected chi connectivity index (χ2v) is 8.27. The summed E-state index contributed by atoms with van der Waals surface area (Å²) in [6, 6.07) is 8.33. The second kappa shape index (κ2) is 8.46. The standard InChI is InChI=1S/C20H27N5O4/c26-19(21-14-6-2-1-3-7-14)13-5-4-10-24(12-13)20(27)18-16-11-15(25(28)29)8-9-17(16)22-23-18/h1-3,6-7,13,15-18,22-23H,4-5,8-12H2,(H,21,26). The van der Waals surface area contributed by atoms with E-state index in [-0.39, 0.29) is 34.6 Å². The van der Waals surface area contributed by atoms with Crippen molar-refractivity contribution in [3.05, 3.63) is 40.4 Å². The number of carbonyl (C=O) groups excluding carboxylic acids is 2. The Morgan fingerprint density at radius 2 is 1.93 bits per heavy atom. The third kappa shape index (κ3) is 4.25. The van der Waals surface area contributed by atoms with Gasteiger partial charge in [-0.1, -0.05) is 18.2 Å². The van der Waals surface area contributed by atoms with Gasteiger partial charge >= 0.3 is 0 Å². The molecule has 0 aromatic heterocycles. The van der Waals surface area contributed by atoms with Gasteiger partial charge in [0.25, 0.3) is 0 Å². The monoisotopic (exact) mass is 401 g/mol. The minimum Gasteiger partial charge on any atom is -0.340 e. The summed E-state index contributed by atoms with van der Waals surface area (Å²) in [4.78, 5) is 38.6. The van der Waals surface area contributed by atoms with E-state index in [2.05, 4.69) is 16.2 Å². The molecule has 5 atom stereocenters. The zero-order chi connectivity index (χ0) is 20.4. The first-order chi connectivity index (χ1) is 14.0. The van der Waals surface area contributed by atoms with Crippen LogP contribution in [0.15, 0.2) is 30.3 Å². The van der Waals surface area contributed by atoms with Crippen LogP contribution in [0.5, 0.6) is 0 Å². The Balaban J connectivity index is 1.38. The first-order valence-corrected chi connectivity index (χ1v) is 10.3. The van der Waals surface area contributed by atoms with Crippen molar-refractivity contribution in [2.45, 2.75) is 50.2 Å². The van der Waals surface area contributed by atoms with Crippen molar-refractivity contribution in [1.82, 2.24) is 15.8 Å². The molecular formula is C20H27N5O4. The SMILES string of the molecule is O=C(Nc1ccccc1)C1CCCN(C(=O)C2NNC3CCC([N+](=O)[O-])CC32)C1. The van der Waals surface area contributed by atoms with E-state index in [0.29, 0.717) is 32.4 Å². The molecule has 3 fully saturated rings. The molecule has 5 unspecified atom stereocenters. The highest BCUT2D eigenvalue weighted by molar-refractivity contribution is 5.93. The number of hydrogen-bond acceptors (Lipinski definition) is 6. The van der Waals surface area contributed by atoms with Crippen LogP contribution in [-0.4, -0.2) is 52.9 Å². The number of likely N-dealkylation sites (tertiary alicyclic amines) is 1. The highest BCUT2D eigenvalue weighted by Gasteiger charge is 2.48. The molecule has 0 spiro atoms. The van der Waals surface area contributed by atoms with Crippen molar-refractivity contribution in [3.63, 3.8) is 0 Å². The van der Waals surface area contributed by atoms with Crippen LogP contribution in [0.4, 0.5) is 5.69 Å². The van der Waals surface area contributed by atoms with Gasteiger partial charge in [-0.15, -0.1) is 0 Å². The first kappa shape index (κ1) is 19.8. The summed E-state index contributed by atoms with van der Waals surface area (Å²) in [5.41, 5.74) is 6.98. The van der Waals surface area contributed by atoms with Gasteiger partial charge in [-0.2, -0.15) is 0 Å². The summed E-state index contributed by atoms with van der Waals surface area (Å²) < 4.78 is 0.